The summed E-state index contributed by atoms with van der Waals surface area (Å²) < 4.78 is 0. The smallest absolute Gasteiger partial charge is 0.351 e. The third-order valence-corrected chi connectivity index (χ3v) is 6.20. The second kappa shape index (κ2) is 7.45. The first-order chi connectivity index (χ1) is 11.3. The van der Waals surface area contributed by atoms with E-state index >= 15 is 0 Å². The van der Waals surface area contributed by atoms with Gasteiger partial charge in [0.25, 0.3) is 0 Å². The third kappa shape index (κ3) is 3.29. The number of nitrogens with zero attached hydrogens (tertiary/aromatic N) is 2. The van der Waals surface area contributed by atoms with Gasteiger partial charge in [-0.05, 0) is 37.0 Å². The Hall–Kier alpha value is -1.39. The van der Waals surface area contributed by atoms with Crippen LogP contribution in [-0.2, 0) is 0 Å². The summed E-state index contributed by atoms with van der Waals surface area (Å²) in [6.07, 6.45) is 0.531. The molecular formula is C17H20B2N2S2. The van der Waals surface area contributed by atoms with E-state index in [1.54, 1.807) is 0 Å². The maximum absolute atomic E-state index is 5.84. The fraction of sp³-hybridized carbons (Fsp3) is 0.235. The molecule has 3 rings (SSSR count). The highest BCUT2D eigenvalue weighted by atomic mass is 32.2. The number of thiocarbonyl (C=S) groups is 1. The van der Waals surface area contributed by atoms with Crippen molar-refractivity contribution < 1.29 is 0 Å². The van der Waals surface area contributed by atoms with Crippen LogP contribution in [0.5, 0.6) is 0 Å². The Balaban J connectivity index is 1.99. The van der Waals surface area contributed by atoms with Gasteiger partial charge in [-0.2, -0.15) is 11.5 Å². The van der Waals surface area contributed by atoms with E-state index in [1.807, 2.05) is 11.5 Å². The Morgan fingerprint density at radius 2 is 1.17 bits per heavy atom. The first-order valence-electron chi connectivity index (χ1n) is 8.08. The molecule has 0 radical (unpaired) electrons. The molecule has 0 spiro atoms. The molecule has 1 aliphatic heterocycles. The van der Waals surface area contributed by atoms with Gasteiger partial charge in [0.15, 0.2) is 0 Å². The molecule has 0 aliphatic carbocycles. The van der Waals surface area contributed by atoms with Gasteiger partial charge in [-0.1, -0.05) is 60.7 Å². The van der Waals surface area contributed by atoms with E-state index in [1.165, 1.54) is 10.9 Å². The summed E-state index contributed by atoms with van der Waals surface area (Å²) >= 11 is 7.81. The molecule has 116 valence electrons. The van der Waals surface area contributed by atoms with Gasteiger partial charge in [-0.25, -0.2) is 0 Å². The Labute approximate surface area is 149 Å². The summed E-state index contributed by atoms with van der Waals surface area (Å²) in [6, 6.07) is 21.4. The molecular weight excluding hydrogens is 318 g/mol. The van der Waals surface area contributed by atoms with Crippen LogP contribution in [0, 0.1) is 0 Å². The Morgan fingerprint density at radius 1 is 0.783 bits per heavy atom. The second-order valence-electron chi connectivity index (χ2n) is 5.52. The number of benzene rings is 2. The molecule has 0 amide bonds. The predicted octanol–water partition coefficient (Wildman–Crippen LogP) is 2.45. The van der Waals surface area contributed by atoms with Crippen LogP contribution in [0.4, 0.5) is 0 Å². The Bertz CT molecular complexity index is 599. The molecule has 6 heteroatoms. The SMILES string of the molecule is CCN1B(c2ccccc2)SB(c2ccccc2)N(CC)C1=S. The number of hydrogen-bond acceptors (Lipinski definition) is 2. The summed E-state index contributed by atoms with van der Waals surface area (Å²) in [7, 11) is 0. The van der Waals surface area contributed by atoms with Crippen molar-refractivity contribution in [2.75, 3.05) is 13.1 Å². The van der Waals surface area contributed by atoms with Gasteiger partial charge in [-0.3, -0.25) is 0 Å². The van der Waals surface area contributed by atoms with Crippen LogP contribution in [0.1, 0.15) is 13.8 Å². The Kier molecular flexibility index (Phi) is 5.34. The maximum Gasteiger partial charge on any atom is 0.351 e. The standard InChI is InChI=1S/C17H20B2N2S2/c1-3-20-17(22)21(4-2)19(16-13-9-6-10-14-16)23-18(20)15-11-7-5-8-12-15/h5-14H,3-4H2,1-2H3. The second-order valence-corrected chi connectivity index (χ2v) is 7.05. The van der Waals surface area contributed by atoms with Crippen molar-refractivity contribution >= 4 is 52.0 Å². The quantitative estimate of drug-likeness (QED) is 0.624. The van der Waals surface area contributed by atoms with Crippen LogP contribution in [0.2, 0.25) is 0 Å². The summed E-state index contributed by atoms with van der Waals surface area (Å²) in [5.74, 6) is 0. The molecule has 1 aliphatic rings. The van der Waals surface area contributed by atoms with Gasteiger partial charge in [0, 0.05) is 13.1 Å². The highest BCUT2D eigenvalue weighted by Crippen LogP contribution is 2.26. The highest BCUT2D eigenvalue weighted by molar-refractivity contribution is 8.46. The lowest BCUT2D eigenvalue weighted by Gasteiger charge is -2.45. The van der Waals surface area contributed by atoms with Crippen molar-refractivity contribution in [2.45, 2.75) is 13.8 Å². The molecule has 0 atom stereocenters. The third-order valence-electron chi connectivity index (χ3n) is 4.17. The molecule has 1 heterocycles. The van der Waals surface area contributed by atoms with E-state index in [4.69, 9.17) is 12.2 Å². The van der Waals surface area contributed by atoms with Crippen molar-refractivity contribution in [1.82, 2.24) is 9.62 Å². The minimum Gasteiger partial charge on any atom is -0.381 e. The van der Waals surface area contributed by atoms with Crippen LogP contribution in [-0.4, -0.2) is 40.1 Å². The van der Waals surface area contributed by atoms with Crippen molar-refractivity contribution in [3.05, 3.63) is 60.7 Å². The molecule has 2 aromatic rings. The van der Waals surface area contributed by atoms with Crippen LogP contribution in [0.15, 0.2) is 60.7 Å². The molecule has 1 fully saturated rings. The van der Waals surface area contributed by atoms with Gasteiger partial charge >= 0.3 is 12.3 Å². The molecule has 0 bridgehead atoms. The Morgan fingerprint density at radius 3 is 1.52 bits per heavy atom. The predicted molar refractivity (Wildman–Crippen MR) is 109 cm³/mol. The zero-order valence-corrected chi connectivity index (χ0v) is 15.2. The van der Waals surface area contributed by atoms with Gasteiger partial charge in [-0.15, -0.1) is 0 Å². The minimum absolute atomic E-state index is 0.265. The van der Waals surface area contributed by atoms with E-state index in [0.717, 1.165) is 18.2 Å². The van der Waals surface area contributed by atoms with E-state index in [9.17, 15) is 0 Å². The zero-order valence-electron chi connectivity index (χ0n) is 13.6. The normalized spacial score (nSPS) is 15.3. The molecule has 0 N–H and O–H groups in total. The van der Waals surface area contributed by atoms with Gasteiger partial charge < -0.3 is 9.62 Å². The van der Waals surface area contributed by atoms with E-state index in [0.29, 0.717) is 0 Å². The van der Waals surface area contributed by atoms with Crippen molar-refractivity contribution in [2.24, 2.45) is 0 Å². The fourth-order valence-electron chi connectivity index (χ4n) is 2.99. The molecule has 23 heavy (non-hydrogen) atoms. The lowest BCUT2D eigenvalue weighted by Crippen LogP contribution is -2.65. The first-order valence-corrected chi connectivity index (χ1v) is 9.44. The largest absolute Gasteiger partial charge is 0.381 e. The topological polar surface area (TPSA) is 6.48 Å². The van der Waals surface area contributed by atoms with Crippen LogP contribution < -0.4 is 10.9 Å². The fourth-order valence-corrected chi connectivity index (χ4v) is 5.26. The van der Waals surface area contributed by atoms with Crippen LogP contribution in [0.25, 0.3) is 0 Å². The molecule has 0 unspecified atom stereocenters. The molecule has 0 aromatic heterocycles. The van der Waals surface area contributed by atoms with Crippen LogP contribution in [0.3, 0.4) is 0 Å². The molecule has 2 aromatic carbocycles. The van der Waals surface area contributed by atoms with Crippen molar-refractivity contribution in [3.63, 3.8) is 0 Å². The summed E-state index contributed by atoms with van der Waals surface area (Å²) in [5, 5.41) is 0.955. The molecule has 0 saturated carbocycles. The van der Waals surface area contributed by atoms with Gasteiger partial charge in [0.1, 0.15) is 5.11 Å². The highest BCUT2D eigenvalue weighted by Gasteiger charge is 2.43. The van der Waals surface area contributed by atoms with Crippen molar-refractivity contribution in [3.8, 4) is 0 Å². The van der Waals surface area contributed by atoms with Gasteiger partial charge in [0.2, 0.25) is 0 Å². The first kappa shape index (κ1) is 16.5. The van der Waals surface area contributed by atoms with E-state index in [-0.39, 0.29) is 12.3 Å². The number of rotatable bonds is 4. The monoisotopic (exact) mass is 338 g/mol. The average Bonchev–Trinajstić information content (AvgIpc) is 2.62. The van der Waals surface area contributed by atoms with Crippen molar-refractivity contribution in [1.29, 1.82) is 0 Å². The lowest BCUT2D eigenvalue weighted by atomic mass is 9.73. The number of hydrogen-bond donors (Lipinski definition) is 0. The minimum atomic E-state index is 0.265. The molecule has 2 nitrogen and oxygen atoms in total. The summed E-state index contributed by atoms with van der Waals surface area (Å²) in [5.41, 5.74) is 2.64. The van der Waals surface area contributed by atoms with Crippen LogP contribution >= 0.6 is 23.7 Å². The van der Waals surface area contributed by atoms with E-state index in [2.05, 4.69) is 84.1 Å². The molecule has 1 saturated heterocycles. The zero-order chi connectivity index (χ0) is 16.2. The summed E-state index contributed by atoms with van der Waals surface area (Å²) in [4.78, 5) is 4.66. The average molecular weight is 338 g/mol. The van der Waals surface area contributed by atoms with E-state index < -0.39 is 0 Å². The maximum atomic E-state index is 5.84. The summed E-state index contributed by atoms with van der Waals surface area (Å²) in [6.45, 7) is 6.20. The van der Waals surface area contributed by atoms with Gasteiger partial charge in [0.05, 0.1) is 0 Å². The lowest BCUT2D eigenvalue weighted by molar-refractivity contribution is 0.566.